The summed E-state index contributed by atoms with van der Waals surface area (Å²) >= 11 is 11.5. The molecule has 0 atom stereocenters. The second-order valence-electron chi connectivity index (χ2n) is 5.76. The number of nitrogens with zero attached hydrogens (tertiary/aromatic N) is 1. The molecule has 3 rings (SSSR count). The van der Waals surface area contributed by atoms with Crippen LogP contribution in [-0.2, 0) is 24.8 Å². The Balaban J connectivity index is 1.92. The lowest BCUT2D eigenvalue weighted by Gasteiger charge is -2.12. The third kappa shape index (κ3) is 5.13. The van der Waals surface area contributed by atoms with Crippen LogP contribution in [0.15, 0.2) is 86.6 Å². The van der Waals surface area contributed by atoms with Crippen molar-refractivity contribution in [1.82, 2.24) is 4.72 Å². The van der Waals surface area contributed by atoms with Gasteiger partial charge in [-0.3, -0.25) is 9.52 Å². The molecule has 29 heavy (non-hydrogen) atoms. The summed E-state index contributed by atoms with van der Waals surface area (Å²) in [6, 6.07) is 10.7. The number of hydrogen-bond donors (Lipinski definition) is 1. The Labute approximate surface area is 177 Å². The van der Waals surface area contributed by atoms with Gasteiger partial charge in [-0.25, -0.2) is 8.42 Å². The summed E-state index contributed by atoms with van der Waals surface area (Å²) in [5.74, 6) is -0.683. The highest BCUT2D eigenvalue weighted by molar-refractivity contribution is 7.90. The molecule has 0 bridgehead atoms. The van der Waals surface area contributed by atoms with E-state index >= 15 is 0 Å². The molecule has 0 unspecified atom stereocenters. The van der Waals surface area contributed by atoms with Gasteiger partial charge < -0.3 is 0 Å². The highest BCUT2D eigenvalue weighted by Gasteiger charge is 2.21. The fraction of sp³-hybridized carbons (Fsp3) is 0. The van der Waals surface area contributed by atoms with Gasteiger partial charge in [-0.05, 0) is 66.8 Å². The molecule has 0 aromatic heterocycles. The number of nitrogens with one attached hydrogen (secondary N) is 1. The lowest BCUT2D eigenvalue weighted by atomic mass is 10.1. The van der Waals surface area contributed by atoms with Gasteiger partial charge in [-0.2, -0.15) is 12.8 Å². The van der Waals surface area contributed by atoms with E-state index in [0.717, 1.165) is 12.2 Å². The average molecular weight is 471 g/mol. The number of allylic oxidation sites excluding steroid dienone is 3. The number of rotatable bonds is 5. The monoisotopic (exact) mass is 470 g/mol. The number of carbonyl (C=O) groups excluding carboxylic acids is 1. The fourth-order valence-corrected chi connectivity index (χ4v) is 4.56. The summed E-state index contributed by atoms with van der Waals surface area (Å²) in [6.07, 6.45) is 3.28. The third-order valence-electron chi connectivity index (χ3n) is 3.67. The van der Waals surface area contributed by atoms with Crippen molar-refractivity contribution >= 4 is 54.7 Å². The maximum absolute atomic E-state index is 12.5. The molecule has 0 saturated heterocycles. The summed E-state index contributed by atoms with van der Waals surface area (Å²) in [5, 5.41) is 0.709. The quantitative estimate of drug-likeness (QED) is 0.674. The zero-order valence-corrected chi connectivity index (χ0v) is 17.6. The van der Waals surface area contributed by atoms with E-state index in [-0.39, 0.29) is 15.5 Å². The molecule has 0 fully saturated rings. The molecule has 0 saturated carbocycles. The molecule has 150 valence electrons. The van der Waals surface area contributed by atoms with Crippen LogP contribution in [0.25, 0.3) is 0 Å². The molecule has 0 amide bonds. The average Bonchev–Trinajstić information content (AvgIpc) is 2.65. The van der Waals surface area contributed by atoms with Gasteiger partial charge in [-0.1, -0.05) is 23.2 Å². The van der Waals surface area contributed by atoms with Crippen molar-refractivity contribution in [3.8, 4) is 0 Å². The lowest BCUT2D eigenvalue weighted by molar-refractivity contribution is -0.108. The van der Waals surface area contributed by atoms with E-state index in [1.807, 2.05) is 0 Å². The Morgan fingerprint density at radius 3 is 1.83 bits per heavy atom. The Morgan fingerprint density at radius 1 is 0.759 bits per heavy atom. The van der Waals surface area contributed by atoms with E-state index < -0.39 is 31.5 Å². The van der Waals surface area contributed by atoms with Gasteiger partial charge in [0.25, 0.3) is 20.0 Å². The molecule has 0 radical (unpaired) electrons. The molecule has 2 aromatic rings. The van der Waals surface area contributed by atoms with Gasteiger partial charge in [0, 0.05) is 10.0 Å². The Kier molecular flexibility index (Phi) is 5.95. The van der Waals surface area contributed by atoms with Crippen LogP contribution in [0.4, 0.5) is 0 Å². The number of carbonyl (C=O) groups is 1. The predicted molar refractivity (Wildman–Crippen MR) is 110 cm³/mol. The van der Waals surface area contributed by atoms with Crippen LogP contribution in [0.5, 0.6) is 0 Å². The van der Waals surface area contributed by atoms with Crippen LogP contribution >= 0.6 is 23.2 Å². The molecular formula is C18H12Cl2N2O5S2. The molecule has 1 N–H and O–H groups in total. The fourth-order valence-electron chi connectivity index (χ4n) is 2.27. The van der Waals surface area contributed by atoms with Crippen molar-refractivity contribution in [3.05, 3.63) is 82.5 Å². The van der Waals surface area contributed by atoms with Gasteiger partial charge >= 0.3 is 0 Å². The number of hydrogen-bond acceptors (Lipinski definition) is 5. The van der Waals surface area contributed by atoms with Crippen LogP contribution in [-0.4, -0.2) is 28.3 Å². The van der Waals surface area contributed by atoms with Crippen LogP contribution in [0.1, 0.15) is 0 Å². The smallest absolute Gasteiger partial charge is 0.282 e. The van der Waals surface area contributed by atoms with E-state index in [0.29, 0.717) is 10.0 Å². The molecular weight excluding hydrogens is 459 g/mol. The predicted octanol–water partition coefficient (Wildman–Crippen LogP) is 3.12. The van der Waals surface area contributed by atoms with Crippen molar-refractivity contribution in [3.63, 3.8) is 0 Å². The van der Waals surface area contributed by atoms with Gasteiger partial charge in [0.15, 0.2) is 0 Å². The van der Waals surface area contributed by atoms with Crippen molar-refractivity contribution in [2.45, 2.75) is 9.79 Å². The minimum absolute atomic E-state index is 0.0235. The summed E-state index contributed by atoms with van der Waals surface area (Å²) < 4.78 is 55.5. The van der Waals surface area contributed by atoms with E-state index in [2.05, 4.69) is 9.12 Å². The first kappa shape index (κ1) is 21.3. The van der Waals surface area contributed by atoms with Gasteiger partial charge in [-0.15, -0.1) is 0 Å². The molecule has 1 aliphatic carbocycles. The highest BCUT2D eigenvalue weighted by Crippen LogP contribution is 2.19. The lowest BCUT2D eigenvalue weighted by Crippen LogP contribution is -2.26. The van der Waals surface area contributed by atoms with Crippen LogP contribution in [0.3, 0.4) is 0 Å². The summed E-state index contributed by atoms with van der Waals surface area (Å²) in [5.41, 5.74) is -0.458. The number of ketones is 1. The second kappa shape index (κ2) is 8.11. The molecule has 2 aromatic carbocycles. The van der Waals surface area contributed by atoms with Crippen LogP contribution < -0.4 is 4.72 Å². The van der Waals surface area contributed by atoms with Crippen molar-refractivity contribution in [2.75, 3.05) is 0 Å². The number of benzene rings is 2. The summed E-state index contributed by atoms with van der Waals surface area (Å²) in [7, 11) is -8.17. The van der Waals surface area contributed by atoms with E-state index in [1.165, 1.54) is 54.6 Å². The minimum atomic E-state index is -4.20. The number of halogens is 2. The third-order valence-corrected chi connectivity index (χ3v) is 6.87. The Hall–Kier alpha value is -2.46. The first-order valence-corrected chi connectivity index (χ1v) is 11.6. The normalized spacial score (nSPS) is 16.0. The maximum Gasteiger partial charge on any atom is 0.282 e. The van der Waals surface area contributed by atoms with Gasteiger partial charge in [0.1, 0.15) is 5.71 Å². The first-order valence-electron chi connectivity index (χ1n) is 7.90. The zero-order chi connectivity index (χ0) is 21.2. The Bertz CT molecular complexity index is 1260. The minimum Gasteiger partial charge on any atom is -0.288 e. The van der Waals surface area contributed by atoms with Crippen LogP contribution in [0, 0.1) is 0 Å². The molecule has 0 spiro atoms. The maximum atomic E-state index is 12.5. The van der Waals surface area contributed by atoms with Crippen molar-refractivity contribution in [2.24, 2.45) is 4.40 Å². The van der Waals surface area contributed by atoms with Crippen LogP contribution in [0.2, 0.25) is 10.0 Å². The Morgan fingerprint density at radius 2 is 1.28 bits per heavy atom. The molecule has 1 aliphatic rings. The molecule has 11 heteroatoms. The topological polar surface area (TPSA) is 110 Å². The largest absolute Gasteiger partial charge is 0.288 e. The zero-order valence-electron chi connectivity index (χ0n) is 14.4. The second-order valence-corrected chi connectivity index (χ2v) is 9.92. The first-order chi connectivity index (χ1) is 13.6. The molecule has 0 aliphatic heterocycles. The summed E-state index contributed by atoms with van der Waals surface area (Å²) in [6.45, 7) is 0. The van der Waals surface area contributed by atoms with E-state index in [9.17, 15) is 21.6 Å². The molecule has 7 nitrogen and oxygen atoms in total. The van der Waals surface area contributed by atoms with Gasteiger partial charge in [0.05, 0.1) is 15.5 Å². The molecule has 0 heterocycles. The number of sulfonamides is 2. The van der Waals surface area contributed by atoms with Gasteiger partial charge in [0.2, 0.25) is 5.78 Å². The van der Waals surface area contributed by atoms with Crippen molar-refractivity contribution in [1.29, 1.82) is 0 Å². The van der Waals surface area contributed by atoms with E-state index in [4.69, 9.17) is 23.2 Å². The SMILES string of the molecule is O=C1C=CC(NS(=O)(=O)c2ccc(Cl)cc2)=CC1=NS(=O)(=O)c1ccc(Cl)cc1. The summed E-state index contributed by atoms with van der Waals surface area (Å²) in [4.78, 5) is 11.8. The standard InChI is InChI=1S/C18H12Cl2N2O5S2/c19-12-1-6-15(7-2-12)28(24,25)21-14-5-10-18(23)17(11-14)22-29(26,27)16-8-3-13(20)4-9-16/h1-11,21H. The highest BCUT2D eigenvalue weighted by atomic mass is 35.5. The van der Waals surface area contributed by atoms with E-state index in [1.54, 1.807) is 0 Å². The van der Waals surface area contributed by atoms with Crippen molar-refractivity contribution < 1.29 is 21.6 Å².